The third-order valence-electron chi connectivity index (χ3n) is 5.86. The third-order valence-corrected chi connectivity index (χ3v) is 8.92. The maximum atomic E-state index is 13.0. The van der Waals surface area contributed by atoms with Crippen molar-refractivity contribution in [3.63, 3.8) is 0 Å². The van der Waals surface area contributed by atoms with Gasteiger partial charge in [0.2, 0.25) is 5.91 Å². The quantitative estimate of drug-likeness (QED) is 0.189. The molecule has 0 saturated carbocycles. The number of ether oxygens (including phenoxy) is 1. The lowest BCUT2D eigenvalue weighted by Crippen LogP contribution is -2.22. The van der Waals surface area contributed by atoms with E-state index in [1.54, 1.807) is 16.8 Å². The number of halogens is 1. The number of sulfonamides is 1. The number of benzene rings is 2. The molecule has 1 amide bonds. The number of amides is 1. The fourth-order valence-electron chi connectivity index (χ4n) is 4.04. The molecule has 0 fully saturated rings. The first-order chi connectivity index (χ1) is 18.7. The summed E-state index contributed by atoms with van der Waals surface area (Å²) in [6.45, 7) is 0.668. The number of hydrogen-bond donors (Lipinski definition) is 3. The first kappa shape index (κ1) is 28.4. The van der Waals surface area contributed by atoms with E-state index in [0.717, 1.165) is 22.5 Å². The lowest BCUT2D eigenvalue weighted by atomic mass is 10.1. The van der Waals surface area contributed by atoms with Gasteiger partial charge in [-0.1, -0.05) is 41.9 Å². The number of methoxy groups -OCH3 is 1. The Morgan fingerprint density at radius 3 is 2.54 bits per heavy atom. The number of rotatable bonds is 13. The van der Waals surface area contributed by atoms with E-state index in [9.17, 15) is 18.0 Å². The molecule has 0 unspecified atom stereocenters. The number of nitrogens with one attached hydrogen (secondary N) is 2. The zero-order chi connectivity index (χ0) is 28.0. The number of unbranched alkanes of at least 4 members (excludes halogenated alkanes) is 1. The molecule has 13 heteroatoms. The average Bonchev–Trinajstić information content (AvgIpc) is 3.49. The lowest BCUT2D eigenvalue weighted by Gasteiger charge is -2.09. The molecule has 0 radical (unpaired) electrons. The number of carbonyl (C=O) groups is 2. The minimum atomic E-state index is -3.92. The van der Waals surface area contributed by atoms with Crippen LogP contribution in [0.3, 0.4) is 0 Å². The van der Waals surface area contributed by atoms with Crippen LogP contribution >= 0.6 is 22.9 Å². The topological polar surface area (TPSA) is 140 Å². The summed E-state index contributed by atoms with van der Waals surface area (Å²) >= 11 is 6.89. The third kappa shape index (κ3) is 7.28. The van der Waals surface area contributed by atoms with E-state index in [-0.39, 0.29) is 28.8 Å². The number of carboxylic acid groups (broad SMARTS) is 1. The standard InChI is InChI=1S/C26H27ClN4O6S2/c1-37-20-9-5-8-19-25(20)26(30-39(35,36)24-13-12-21(27)38-24)29-31(19)16-18-7-4-6-17(14-18)15-28-22(32)10-2-3-11-23(33)34/h4-9,12-14H,2-3,10-11,15-16H2,1H3,(H,28,32)(H,29,30)(H,33,34). The largest absolute Gasteiger partial charge is 0.496 e. The van der Waals surface area contributed by atoms with Crippen LogP contribution in [0.25, 0.3) is 10.9 Å². The predicted octanol–water partition coefficient (Wildman–Crippen LogP) is 4.87. The van der Waals surface area contributed by atoms with Crippen LogP contribution in [-0.2, 0) is 32.7 Å². The van der Waals surface area contributed by atoms with Crippen molar-refractivity contribution in [2.24, 2.45) is 0 Å². The van der Waals surface area contributed by atoms with Gasteiger partial charge in [-0.15, -0.1) is 11.3 Å². The van der Waals surface area contributed by atoms with Crippen molar-refractivity contribution in [1.29, 1.82) is 0 Å². The van der Waals surface area contributed by atoms with Gasteiger partial charge in [-0.25, -0.2) is 8.42 Å². The molecular weight excluding hydrogens is 564 g/mol. The van der Waals surface area contributed by atoms with Crippen LogP contribution in [0.1, 0.15) is 36.8 Å². The SMILES string of the molecule is COc1cccc2c1c(NS(=O)(=O)c1ccc(Cl)s1)nn2Cc1cccc(CNC(=O)CCCCC(=O)O)c1. The van der Waals surface area contributed by atoms with E-state index in [0.29, 0.717) is 46.9 Å². The van der Waals surface area contributed by atoms with Gasteiger partial charge in [0.15, 0.2) is 5.82 Å². The molecule has 0 spiro atoms. The summed E-state index contributed by atoms with van der Waals surface area (Å²) in [6, 6.07) is 16.0. The molecule has 0 aliphatic heterocycles. The Bertz CT molecular complexity index is 1600. The number of nitrogens with zero attached hydrogens (tertiary/aromatic N) is 2. The lowest BCUT2D eigenvalue weighted by molar-refractivity contribution is -0.137. The van der Waals surface area contributed by atoms with Crippen LogP contribution in [0.2, 0.25) is 4.34 Å². The zero-order valence-electron chi connectivity index (χ0n) is 21.0. The minimum absolute atomic E-state index is 0.0505. The van der Waals surface area contributed by atoms with E-state index in [4.69, 9.17) is 21.4 Å². The maximum absolute atomic E-state index is 13.0. The molecule has 0 atom stereocenters. The van der Waals surface area contributed by atoms with E-state index >= 15 is 0 Å². The Labute approximate surface area is 234 Å². The number of fused-ring (bicyclic) bond motifs is 1. The number of anilines is 1. The van der Waals surface area contributed by atoms with Crippen LogP contribution in [-0.4, -0.2) is 42.3 Å². The Morgan fingerprint density at radius 1 is 1.08 bits per heavy atom. The van der Waals surface area contributed by atoms with Gasteiger partial charge in [0.05, 0.1) is 28.9 Å². The first-order valence-electron chi connectivity index (χ1n) is 12.0. The Balaban J connectivity index is 1.52. The number of carbonyl (C=O) groups excluding carboxylic acids is 1. The second-order valence-electron chi connectivity index (χ2n) is 8.72. The van der Waals surface area contributed by atoms with Crippen molar-refractivity contribution < 1.29 is 27.9 Å². The second-order valence-corrected chi connectivity index (χ2v) is 12.3. The van der Waals surface area contributed by atoms with Gasteiger partial charge in [0, 0.05) is 19.4 Å². The second kappa shape index (κ2) is 12.5. The summed E-state index contributed by atoms with van der Waals surface area (Å²) in [5, 5.41) is 16.7. The molecule has 2 aromatic carbocycles. The van der Waals surface area contributed by atoms with Crippen LogP contribution in [0.15, 0.2) is 58.8 Å². The number of carboxylic acids is 1. The van der Waals surface area contributed by atoms with Gasteiger partial charge in [-0.2, -0.15) is 5.10 Å². The Morgan fingerprint density at radius 2 is 1.82 bits per heavy atom. The highest BCUT2D eigenvalue weighted by Gasteiger charge is 2.23. The molecule has 39 heavy (non-hydrogen) atoms. The number of aromatic nitrogens is 2. The molecule has 10 nitrogen and oxygen atoms in total. The van der Waals surface area contributed by atoms with E-state index in [2.05, 4.69) is 15.1 Å². The molecule has 2 aromatic heterocycles. The molecule has 206 valence electrons. The van der Waals surface area contributed by atoms with Crippen molar-refractivity contribution in [3.8, 4) is 5.75 Å². The monoisotopic (exact) mass is 590 g/mol. The summed E-state index contributed by atoms with van der Waals surface area (Å²) in [7, 11) is -2.41. The van der Waals surface area contributed by atoms with Crippen molar-refractivity contribution in [2.45, 2.75) is 43.0 Å². The van der Waals surface area contributed by atoms with Crippen LogP contribution < -0.4 is 14.8 Å². The summed E-state index contributed by atoms with van der Waals surface area (Å²) in [5.74, 6) is -0.397. The Hall–Kier alpha value is -3.61. The molecule has 0 bridgehead atoms. The highest BCUT2D eigenvalue weighted by Crippen LogP contribution is 2.35. The van der Waals surface area contributed by atoms with Gasteiger partial charge in [-0.05, 0) is 48.2 Å². The van der Waals surface area contributed by atoms with Crippen LogP contribution in [0.5, 0.6) is 5.75 Å². The molecule has 0 aliphatic carbocycles. The van der Waals surface area contributed by atoms with Crippen molar-refractivity contribution >= 4 is 61.6 Å². The number of hydrogen-bond acceptors (Lipinski definition) is 7. The smallest absolute Gasteiger partial charge is 0.303 e. The normalized spacial score (nSPS) is 11.4. The summed E-state index contributed by atoms with van der Waals surface area (Å²) < 4.78 is 36.2. The fourth-order valence-corrected chi connectivity index (χ4v) is 6.53. The molecule has 2 heterocycles. The summed E-state index contributed by atoms with van der Waals surface area (Å²) in [6.07, 6.45) is 1.29. The molecule has 4 rings (SSSR count). The highest BCUT2D eigenvalue weighted by atomic mass is 35.5. The van der Waals surface area contributed by atoms with E-state index < -0.39 is 16.0 Å². The van der Waals surface area contributed by atoms with Crippen molar-refractivity contribution in [2.75, 3.05) is 11.8 Å². The molecular formula is C26H27ClN4O6S2. The van der Waals surface area contributed by atoms with Crippen LogP contribution in [0, 0.1) is 0 Å². The summed E-state index contributed by atoms with van der Waals surface area (Å²) in [5.41, 5.74) is 2.46. The van der Waals surface area contributed by atoms with E-state index in [1.807, 2.05) is 30.3 Å². The molecule has 0 aliphatic rings. The van der Waals surface area contributed by atoms with Gasteiger partial charge in [0.1, 0.15) is 9.96 Å². The van der Waals surface area contributed by atoms with Gasteiger partial charge in [0.25, 0.3) is 10.0 Å². The maximum Gasteiger partial charge on any atom is 0.303 e. The van der Waals surface area contributed by atoms with Crippen molar-refractivity contribution in [3.05, 3.63) is 70.1 Å². The predicted molar refractivity (Wildman–Crippen MR) is 150 cm³/mol. The number of aliphatic carboxylic acids is 1. The van der Waals surface area contributed by atoms with Gasteiger partial charge >= 0.3 is 5.97 Å². The first-order valence-corrected chi connectivity index (χ1v) is 14.7. The highest BCUT2D eigenvalue weighted by molar-refractivity contribution is 7.94. The minimum Gasteiger partial charge on any atom is -0.496 e. The van der Waals surface area contributed by atoms with Crippen molar-refractivity contribution in [1.82, 2.24) is 15.1 Å². The number of thiophene rings is 1. The zero-order valence-corrected chi connectivity index (χ0v) is 23.4. The molecule has 0 saturated heterocycles. The van der Waals surface area contributed by atoms with Gasteiger partial charge in [-0.3, -0.25) is 19.0 Å². The average molecular weight is 591 g/mol. The Kier molecular flexibility index (Phi) is 9.10. The van der Waals surface area contributed by atoms with Gasteiger partial charge < -0.3 is 15.2 Å². The van der Waals surface area contributed by atoms with E-state index in [1.165, 1.54) is 19.2 Å². The molecule has 3 N–H and O–H groups in total. The summed E-state index contributed by atoms with van der Waals surface area (Å²) in [4.78, 5) is 22.7. The molecule has 4 aromatic rings. The van der Waals surface area contributed by atoms with Crippen LogP contribution in [0.4, 0.5) is 5.82 Å². The fraction of sp³-hybridized carbons (Fsp3) is 0.269.